The first kappa shape index (κ1) is 17.7. The first-order chi connectivity index (χ1) is 13.1. The summed E-state index contributed by atoms with van der Waals surface area (Å²) in [5.74, 6) is 4.08. The van der Waals surface area contributed by atoms with Gasteiger partial charge in [-0.15, -0.1) is 21.5 Å². The number of thioether (sulfide) groups is 1. The third-order valence-corrected chi connectivity index (χ3v) is 8.51. The van der Waals surface area contributed by atoms with Crippen molar-refractivity contribution < 1.29 is 4.79 Å². The molecule has 4 aliphatic rings. The van der Waals surface area contributed by atoms with Crippen molar-refractivity contribution in [2.24, 2.45) is 24.8 Å². The van der Waals surface area contributed by atoms with Crippen LogP contribution in [-0.4, -0.2) is 32.0 Å². The lowest BCUT2D eigenvalue weighted by Crippen LogP contribution is -2.60. The van der Waals surface area contributed by atoms with Crippen LogP contribution in [0.5, 0.6) is 0 Å². The average Bonchev–Trinajstić information content (AvgIpc) is 3.23. The molecule has 7 heteroatoms. The summed E-state index contributed by atoms with van der Waals surface area (Å²) >= 11 is 3.23. The zero-order valence-electron chi connectivity index (χ0n) is 15.7. The van der Waals surface area contributed by atoms with E-state index < -0.39 is 0 Å². The summed E-state index contributed by atoms with van der Waals surface area (Å²) in [7, 11) is 1.99. The molecule has 1 N–H and O–H groups in total. The molecule has 6 rings (SSSR count). The molecule has 0 atom stereocenters. The number of aromatic nitrogens is 3. The maximum absolute atomic E-state index is 12.7. The molecule has 0 saturated heterocycles. The third-order valence-electron chi connectivity index (χ3n) is 6.61. The molecule has 144 valence electrons. The normalized spacial score (nSPS) is 31.4. The van der Waals surface area contributed by atoms with Crippen LogP contribution < -0.4 is 5.32 Å². The molecule has 4 fully saturated rings. The van der Waals surface area contributed by atoms with Gasteiger partial charge in [-0.25, -0.2) is 0 Å². The first-order valence-corrected chi connectivity index (χ1v) is 11.8. The van der Waals surface area contributed by atoms with Gasteiger partial charge >= 0.3 is 0 Å². The van der Waals surface area contributed by atoms with Gasteiger partial charge in [0.05, 0.1) is 5.75 Å². The summed E-state index contributed by atoms with van der Waals surface area (Å²) in [4.78, 5) is 14.0. The minimum absolute atomic E-state index is 0.0939. The number of carbonyl (C=O) groups excluding carboxylic acids is 1. The predicted octanol–water partition coefficient (Wildman–Crippen LogP) is 3.64. The molecule has 0 aromatic carbocycles. The number of carbonyl (C=O) groups is 1. The van der Waals surface area contributed by atoms with E-state index in [1.807, 2.05) is 11.6 Å². The summed E-state index contributed by atoms with van der Waals surface area (Å²) < 4.78 is 2.02. The van der Waals surface area contributed by atoms with Gasteiger partial charge in [-0.05, 0) is 67.7 Å². The van der Waals surface area contributed by atoms with E-state index >= 15 is 0 Å². The van der Waals surface area contributed by atoms with E-state index in [1.165, 1.54) is 55.2 Å². The number of nitrogens with zero attached hydrogens (tertiary/aromatic N) is 3. The van der Waals surface area contributed by atoms with Gasteiger partial charge < -0.3 is 9.88 Å². The lowest BCUT2D eigenvalue weighted by Gasteiger charge is -2.56. The van der Waals surface area contributed by atoms with Gasteiger partial charge in [0.1, 0.15) is 5.82 Å². The highest BCUT2D eigenvalue weighted by Crippen LogP contribution is 2.55. The average molecular weight is 403 g/mol. The van der Waals surface area contributed by atoms with E-state index in [9.17, 15) is 4.79 Å². The Kier molecular flexibility index (Phi) is 4.55. The molecule has 0 radical (unpaired) electrons. The second-order valence-corrected chi connectivity index (χ2v) is 10.7. The standard InChI is InChI=1S/C20H26N4OS2/c1-24-17(8-16-3-2-4-26-16)22-23-19(24)27-12-18(25)21-20-9-13-5-14(10-20)7-15(6-13)11-20/h2-4,13-15H,5-12H2,1H3,(H,21,25). The molecule has 27 heavy (non-hydrogen) atoms. The van der Waals surface area contributed by atoms with Crippen molar-refractivity contribution in [1.29, 1.82) is 0 Å². The fourth-order valence-corrected chi connectivity index (χ4v) is 7.35. The molecule has 2 heterocycles. The molecule has 0 spiro atoms. The highest BCUT2D eigenvalue weighted by Gasteiger charge is 2.51. The molecular formula is C20H26N4OS2. The van der Waals surface area contributed by atoms with E-state index in [4.69, 9.17) is 0 Å². The van der Waals surface area contributed by atoms with Crippen LogP contribution in [0.1, 0.15) is 49.2 Å². The molecule has 5 nitrogen and oxygen atoms in total. The lowest BCUT2D eigenvalue weighted by molar-refractivity contribution is -0.124. The fraction of sp³-hybridized carbons (Fsp3) is 0.650. The largest absolute Gasteiger partial charge is 0.350 e. The number of hydrogen-bond acceptors (Lipinski definition) is 5. The van der Waals surface area contributed by atoms with Crippen LogP contribution in [0.3, 0.4) is 0 Å². The maximum Gasteiger partial charge on any atom is 0.230 e. The number of thiophene rings is 1. The van der Waals surface area contributed by atoms with Crippen molar-refractivity contribution in [2.75, 3.05) is 5.75 Å². The second kappa shape index (κ2) is 6.92. The topological polar surface area (TPSA) is 59.8 Å². The predicted molar refractivity (Wildman–Crippen MR) is 108 cm³/mol. The van der Waals surface area contributed by atoms with Crippen LogP contribution >= 0.6 is 23.1 Å². The molecule has 0 aliphatic heterocycles. The van der Waals surface area contributed by atoms with Crippen molar-refractivity contribution in [3.63, 3.8) is 0 Å². The van der Waals surface area contributed by atoms with Crippen LogP contribution in [0.25, 0.3) is 0 Å². The Balaban J connectivity index is 1.18. The molecular weight excluding hydrogens is 376 g/mol. The van der Waals surface area contributed by atoms with Crippen LogP contribution in [0.15, 0.2) is 22.7 Å². The minimum atomic E-state index is 0.0939. The number of rotatable bonds is 6. The highest BCUT2D eigenvalue weighted by molar-refractivity contribution is 7.99. The van der Waals surface area contributed by atoms with Crippen molar-refractivity contribution in [2.45, 2.75) is 55.6 Å². The van der Waals surface area contributed by atoms with Crippen molar-refractivity contribution in [3.8, 4) is 0 Å². The van der Waals surface area contributed by atoms with Crippen molar-refractivity contribution in [3.05, 3.63) is 28.2 Å². The maximum atomic E-state index is 12.7. The van der Waals surface area contributed by atoms with Crippen LogP contribution in [0.2, 0.25) is 0 Å². The van der Waals surface area contributed by atoms with Gasteiger partial charge in [0.2, 0.25) is 5.91 Å². The molecule has 4 bridgehead atoms. The van der Waals surface area contributed by atoms with E-state index in [-0.39, 0.29) is 11.4 Å². The smallest absolute Gasteiger partial charge is 0.230 e. The number of hydrogen-bond donors (Lipinski definition) is 1. The molecule has 2 aromatic rings. The number of amides is 1. The molecule has 1 amide bonds. The van der Waals surface area contributed by atoms with Crippen molar-refractivity contribution >= 4 is 29.0 Å². The van der Waals surface area contributed by atoms with Gasteiger partial charge in [0.25, 0.3) is 0 Å². The SMILES string of the molecule is Cn1c(Cc2cccs2)nnc1SCC(=O)NC12CC3CC(CC(C3)C1)C2. The Morgan fingerprint density at radius 1 is 1.26 bits per heavy atom. The molecule has 0 unspecified atom stereocenters. The van der Waals surface area contributed by atoms with Gasteiger partial charge in [-0.1, -0.05) is 17.8 Å². The summed E-state index contributed by atoms with van der Waals surface area (Å²) in [6.45, 7) is 0. The molecule has 4 saturated carbocycles. The fourth-order valence-electron chi connectivity index (χ4n) is 5.92. The Labute approximate surface area is 168 Å². The Morgan fingerprint density at radius 3 is 2.59 bits per heavy atom. The van der Waals surface area contributed by atoms with E-state index in [0.717, 1.165) is 35.2 Å². The van der Waals surface area contributed by atoms with E-state index in [1.54, 1.807) is 11.3 Å². The van der Waals surface area contributed by atoms with Crippen LogP contribution in [0.4, 0.5) is 0 Å². The van der Waals surface area contributed by atoms with E-state index in [0.29, 0.717) is 5.75 Å². The summed E-state index contributed by atoms with van der Waals surface area (Å²) in [6.07, 6.45) is 8.58. The highest BCUT2D eigenvalue weighted by atomic mass is 32.2. The van der Waals surface area contributed by atoms with Gasteiger partial charge in [0, 0.05) is 23.9 Å². The Bertz CT molecular complexity index is 794. The summed E-state index contributed by atoms with van der Waals surface area (Å²) in [6, 6.07) is 4.17. The van der Waals surface area contributed by atoms with Gasteiger partial charge in [-0.2, -0.15) is 0 Å². The summed E-state index contributed by atoms with van der Waals surface area (Å²) in [5, 5.41) is 15.0. The molecule has 4 aliphatic carbocycles. The third kappa shape index (κ3) is 3.56. The minimum Gasteiger partial charge on any atom is -0.350 e. The summed E-state index contributed by atoms with van der Waals surface area (Å²) in [5.41, 5.74) is 0.0939. The molecule has 2 aromatic heterocycles. The zero-order valence-corrected chi connectivity index (χ0v) is 17.3. The zero-order chi connectivity index (χ0) is 18.4. The van der Waals surface area contributed by atoms with Gasteiger partial charge in [0.15, 0.2) is 5.16 Å². The van der Waals surface area contributed by atoms with E-state index in [2.05, 4.69) is 33.0 Å². The Hall–Kier alpha value is -1.34. The van der Waals surface area contributed by atoms with Crippen LogP contribution in [0, 0.1) is 17.8 Å². The lowest BCUT2D eigenvalue weighted by atomic mass is 9.53. The first-order valence-electron chi connectivity index (χ1n) is 9.93. The Morgan fingerprint density at radius 2 is 1.96 bits per heavy atom. The van der Waals surface area contributed by atoms with Crippen molar-refractivity contribution in [1.82, 2.24) is 20.1 Å². The number of nitrogens with one attached hydrogen (secondary N) is 1. The van der Waals surface area contributed by atoms with Gasteiger partial charge in [-0.3, -0.25) is 4.79 Å². The second-order valence-electron chi connectivity index (χ2n) is 8.75. The van der Waals surface area contributed by atoms with Crippen LogP contribution in [-0.2, 0) is 18.3 Å². The monoisotopic (exact) mass is 402 g/mol. The quantitative estimate of drug-likeness (QED) is 0.750.